The maximum atomic E-state index is 13.1. The van der Waals surface area contributed by atoms with Crippen LogP contribution in [0.25, 0.3) is 11.0 Å². The number of carboxylic acids is 1. The van der Waals surface area contributed by atoms with E-state index in [4.69, 9.17) is 5.11 Å². The zero-order chi connectivity index (χ0) is 18.0. The van der Waals surface area contributed by atoms with Crippen LogP contribution in [-0.2, 0) is 11.8 Å². The Morgan fingerprint density at radius 3 is 2.58 bits per heavy atom. The minimum absolute atomic E-state index is 0.0717. The summed E-state index contributed by atoms with van der Waals surface area (Å²) in [6, 6.07) is 1.76. The first-order valence-corrected chi connectivity index (χ1v) is 8.02. The van der Waals surface area contributed by atoms with Gasteiger partial charge in [0.05, 0.1) is 23.1 Å². The average molecular weight is 332 g/mol. The molecule has 1 N–H and O–H groups in total. The zero-order valence-electron chi connectivity index (χ0n) is 14.8. The molecule has 0 aliphatic heterocycles. The molecule has 0 spiro atoms. The second kappa shape index (κ2) is 6.98. The minimum atomic E-state index is -0.912. The molecule has 0 bridgehead atoms. The number of fused-ring (bicyclic) bond motifs is 1. The summed E-state index contributed by atoms with van der Waals surface area (Å²) in [7, 11) is 1.80. The van der Waals surface area contributed by atoms with E-state index < -0.39 is 5.97 Å². The molecular weight excluding hydrogens is 308 g/mol. The number of aromatic nitrogens is 3. The van der Waals surface area contributed by atoms with Gasteiger partial charge in [0.2, 0.25) is 0 Å². The van der Waals surface area contributed by atoms with Gasteiger partial charge in [0.1, 0.15) is 0 Å². The topological polar surface area (TPSA) is 88.3 Å². The lowest BCUT2D eigenvalue weighted by Gasteiger charge is -2.24. The minimum Gasteiger partial charge on any atom is -0.481 e. The van der Waals surface area contributed by atoms with Crippen LogP contribution >= 0.6 is 0 Å². The van der Waals surface area contributed by atoms with Crippen LogP contribution in [0.2, 0.25) is 0 Å². The predicted molar refractivity (Wildman–Crippen MR) is 91.0 cm³/mol. The molecule has 7 nitrogen and oxygen atoms in total. The summed E-state index contributed by atoms with van der Waals surface area (Å²) in [4.78, 5) is 30.1. The molecule has 0 radical (unpaired) electrons. The van der Waals surface area contributed by atoms with Crippen molar-refractivity contribution in [3.63, 3.8) is 0 Å². The Bertz CT molecular complexity index is 780. The van der Waals surface area contributed by atoms with E-state index in [0.717, 1.165) is 16.8 Å². The smallest absolute Gasteiger partial charge is 0.305 e. The Hall–Kier alpha value is -2.44. The van der Waals surface area contributed by atoms with E-state index >= 15 is 0 Å². The first-order chi connectivity index (χ1) is 11.2. The zero-order valence-corrected chi connectivity index (χ0v) is 14.8. The van der Waals surface area contributed by atoms with Gasteiger partial charge in [-0.3, -0.25) is 14.3 Å². The van der Waals surface area contributed by atoms with Crippen LogP contribution in [-0.4, -0.2) is 49.7 Å². The number of hydrogen-bond acceptors (Lipinski definition) is 4. The monoisotopic (exact) mass is 332 g/mol. The molecule has 2 aromatic heterocycles. The maximum absolute atomic E-state index is 13.1. The van der Waals surface area contributed by atoms with Gasteiger partial charge in [-0.15, -0.1) is 0 Å². The van der Waals surface area contributed by atoms with E-state index in [-0.39, 0.29) is 24.8 Å². The van der Waals surface area contributed by atoms with Crippen molar-refractivity contribution in [2.75, 3.05) is 13.1 Å². The number of carbonyl (C=O) groups excluding carboxylic acids is 1. The van der Waals surface area contributed by atoms with Gasteiger partial charge in [-0.05, 0) is 25.8 Å². The lowest BCUT2D eigenvalue weighted by Crippen LogP contribution is -2.36. The molecule has 24 heavy (non-hydrogen) atoms. The summed E-state index contributed by atoms with van der Waals surface area (Å²) < 4.78 is 1.67. The molecule has 7 heteroatoms. The number of amides is 1. The highest BCUT2D eigenvalue weighted by Gasteiger charge is 2.23. The lowest BCUT2D eigenvalue weighted by molar-refractivity contribution is -0.137. The van der Waals surface area contributed by atoms with Crippen LogP contribution in [0.4, 0.5) is 0 Å². The van der Waals surface area contributed by atoms with Gasteiger partial charge in [0.25, 0.3) is 5.91 Å². The maximum Gasteiger partial charge on any atom is 0.305 e. The second-order valence-electron chi connectivity index (χ2n) is 6.51. The summed E-state index contributed by atoms with van der Waals surface area (Å²) in [6.07, 6.45) is -0.0717. The van der Waals surface area contributed by atoms with E-state index in [2.05, 4.69) is 10.1 Å². The average Bonchev–Trinajstić information content (AvgIpc) is 2.76. The molecule has 130 valence electrons. The van der Waals surface area contributed by atoms with Crippen molar-refractivity contribution in [3.8, 4) is 0 Å². The number of aryl methyl sites for hydroxylation is 3. The molecule has 0 aromatic carbocycles. The number of carbonyl (C=O) groups is 2. The first-order valence-electron chi connectivity index (χ1n) is 8.02. The SMILES string of the molecule is Cc1cc(C(=O)N(CCC(=O)O)CC(C)C)c2c(C)nn(C)c2n1. The largest absolute Gasteiger partial charge is 0.481 e. The summed E-state index contributed by atoms with van der Waals surface area (Å²) >= 11 is 0. The van der Waals surface area contributed by atoms with Crippen LogP contribution in [0.15, 0.2) is 6.07 Å². The summed E-state index contributed by atoms with van der Waals surface area (Å²) in [6.45, 7) is 8.39. The van der Waals surface area contributed by atoms with Crippen molar-refractivity contribution >= 4 is 22.9 Å². The molecule has 0 fully saturated rings. The number of rotatable bonds is 6. The summed E-state index contributed by atoms with van der Waals surface area (Å²) in [5, 5.41) is 14.0. The summed E-state index contributed by atoms with van der Waals surface area (Å²) in [5.74, 6) is -0.835. The third-order valence-electron chi connectivity index (χ3n) is 3.80. The molecule has 1 amide bonds. The van der Waals surface area contributed by atoms with Crippen molar-refractivity contribution in [2.24, 2.45) is 13.0 Å². The molecule has 2 rings (SSSR count). The van der Waals surface area contributed by atoms with Crippen molar-refractivity contribution in [1.82, 2.24) is 19.7 Å². The van der Waals surface area contributed by atoms with Gasteiger partial charge in [-0.2, -0.15) is 5.10 Å². The van der Waals surface area contributed by atoms with Crippen LogP contribution in [0.3, 0.4) is 0 Å². The lowest BCUT2D eigenvalue weighted by atomic mass is 10.1. The quantitative estimate of drug-likeness (QED) is 0.875. The van der Waals surface area contributed by atoms with E-state index in [1.807, 2.05) is 27.7 Å². The fourth-order valence-electron chi connectivity index (χ4n) is 2.86. The molecule has 0 unspecified atom stereocenters. The molecule has 0 saturated heterocycles. The first kappa shape index (κ1) is 17.9. The fraction of sp³-hybridized carbons (Fsp3) is 0.529. The molecular formula is C17H24N4O3. The number of nitrogens with zero attached hydrogens (tertiary/aromatic N) is 4. The number of pyridine rings is 1. The van der Waals surface area contributed by atoms with Gasteiger partial charge in [0.15, 0.2) is 5.65 Å². The van der Waals surface area contributed by atoms with Gasteiger partial charge < -0.3 is 10.0 Å². The van der Waals surface area contributed by atoms with Crippen LogP contribution in [0, 0.1) is 19.8 Å². The van der Waals surface area contributed by atoms with E-state index in [0.29, 0.717) is 17.8 Å². The second-order valence-corrected chi connectivity index (χ2v) is 6.51. The summed E-state index contributed by atoms with van der Waals surface area (Å²) in [5.41, 5.74) is 2.68. The van der Waals surface area contributed by atoms with E-state index in [9.17, 15) is 9.59 Å². The van der Waals surface area contributed by atoms with Crippen molar-refractivity contribution in [2.45, 2.75) is 34.1 Å². The highest BCUT2D eigenvalue weighted by atomic mass is 16.4. The normalized spacial score (nSPS) is 11.2. The molecule has 0 aliphatic carbocycles. The highest BCUT2D eigenvalue weighted by molar-refractivity contribution is 6.06. The standard InChI is InChI=1S/C17H24N4O3/c1-10(2)9-21(7-6-14(22)23)17(24)13-8-11(3)18-16-15(13)12(4)19-20(16)5/h8,10H,6-7,9H2,1-5H3,(H,22,23). The van der Waals surface area contributed by atoms with Gasteiger partial charge in [-0.1, -0.05) is 13.8 Å². The number of aliphatic carboxylic acids is 1. The predicted octanol–water partition coefficient (Wildman–Crippen LogP) is 2.16. The Kier molecular flexibility index (Phi) is 5.21. The van der Waals surface area contributed by atoms with Gasteiger partial charge >= 0.3 is 5.97 Å². The molecule has 0 atom stereocenters. The van der Waals surface area contributed by atoms with Crippen LogP contribution in [0.1, 0.15) is 42.0 Å². The van der Waals surface area contributed by atoms with Crippen LogP contribution < -0.4 is 0 Å². The van der Waals surface area contributed by atoms with Crippen molar-refractivity contribution in [3.05, 3.63) is 23.0 Å². The Morgan fingerprint density at radius 2 is 2.00 bits per heavy atom. The van der Waals surface area contributed by atoms with Crippen LogP contribution in [0.5, 0.6) is 0 Å². The Balaban J connectivity index is 2.48. The molecule has 2 heterocycles. The Morgan fingerprint density at radius 1 is 1.33 bits per heavy atom. The molecule has 2 aromatic rings. The van der Waals surface area contributed by atoms with E-state index in [1.165, 1.54) is 0 Å². The third kappa shape index (κ3) is 3.72. The van der Waals surface area contributed by atoms with E-state index in [1.54, 1.807) is 22.7 Å². The number of carboxylic acid groups (broad SMARTS) is 1. The third-order valence-corrected chi connectivity index (χ3v) is 3.80. The molecule has 0 aliphatic rings. The molecule has 0 saturated carbocycles. The highest BCUT2D eigenvalue weighted by Crippen LogP contribution is 2.23. The fourth-order valence-corrected chi connectivity index (χ4v) is 2.86. The van der Waals surface area contributed by atoms with Crippen molar-refractivity contribution < 1.29 is 14.7 Å². The number of hydrogen-bond donors (Lipinski definition) is 1. The Labute approximate surface area is 141 Å². The van der Waals surface area contributed by atoms with Crippen molar-refractivity contribution in [1.29, 1.82) is 0 Å². The van der Waals surface area contributed by atoms with Gasteiger partial charge in [-0.25, -0.2) is 4.98 Å². The van der Waals surface area contributed by atoms with Gasteiger partial charge in [0, 0.05) is 25.8 Å².